The maximum absolute atomic E-state index is 11.8. The number of aromatic nitrogens is 2. The molecule has 1 aromatic heterocycles. The van der Waals surface area contributed by atoms with Crippen LogP contribution in [-0.2, 0) is 23.1 Å². The predicted octanol–water partition coefficient (Wildman–Crippen LogP) is -1.56. The Balaban J connectivity index is 1.92. The quantitative estimate of drug-likeness (QED) is 0.232. The van der Waals surface area contributed by atoms with E-state index >= 15 is 0 Å². The molecule has 6 N–H and O–H groups in total. The fraction of sp³-hybridized carbons (Fsp3) is 0.615. The highest BCUT2D eigenvalue weighted by atomic mass is 31.2. The van der Waals surface area contributed by atoms with E-state index in [1.54, 1.807) is 0 Å². The SMILES string of the molecule is Nc1ccn([C@@H]2O[C@H](COP(=O)(O)OCCCC(=O)O)[C@@H](O)[C@@H]2O)c(=O)n1. The molecule has 1 unspecified atom stereocenters. The Kier molecular flexibility index (Phi) is 7.06. The van der Waals surface area contributed by atoms with Gasteiger partial charge in [-0.3, -0.25) is 18.4 Å². The Hall–Kier alpha value is -1.86. The zero-order valence-electron chi connectivity index (χ0n) is 13.9. The van der Waals surface area contributed by atoms with Crippen LogP contribution in [0.25, 0.3) is 0 Å². The second-order valence-corrected chi connectivity index (χ2v) is 7.14. The van der Waals surface area contributed by atoms with Gasteiger partial charge in [0.25, 0.3) is 0 Å². The van der Waals surface area contributed by atoms with Crippen molar-refractivity contribution in [2.24, 2.45) is 0 Å². The average Bonchev–Trinajstić information content (AvgIpc) is 2.85. The molecule has 152 valence electrons. The highest BCUT2D eigenvalue weighted by Crippen LogP contribution is 2.44. The average molecular weight is 409 g/mol. The van der Waals surface area contributed by atoms with E-state index in [-0.39, 0.29) is 25.3 Å². The number of hydrogen-bond donors (Lipinski definition) is 5. The summed E-state index contributed by atoms with van der Waals surface area (Å²) >= 11 is 0. The molecule has 2 rings (SSSR count). The van der Waals surface area contributed by atoms with Crippen molar-refractivity contribution in [3.05, 3.63) is 22.7 Å². The lowest BCUT2D eigenvalue weighted by Gasteiger charge is -2.17. The standard InChI is InChI=1S/C13H20N3O10P/c14-8-3-4-16(13(21)15-8)12-11(20)10(19)7(26-12)6-25-27(22,23)24-5-1-2-9(17)18/h3-4,7,10-12,19-20H,1-2,5-6H2,(H,17,18)(H,22,23)(H2,14,15,21)/t7-,10-,11+,12-/m1/s1. The van der Waals surface area contributed by atoms with Crippen LogP contribution in [0.1, 0.15) is 19.1 Å². The molecule has 0 aliphatic carbocycles. The van der Waals surface area contributed by atoms with Crippen molar-refractivity contribution in [1.29, 1.82) is 0 Å². The van der Waals surface area contributed by atoms with Crippen LogP contribution >= 0.6 is 7.82 Å². The Morgan fingerprint density at radius 1 is 1.37 bits per heavy atom. The highest BCUT2D eigenvalue weighted by Gasteiger charge is 2.45. The molecule has 1 saturated heterocycles. The van der Waals surface area contributed by atoms with Crippen LogP contribution in [-0.4, -0.2) is 67.3 Å². The third-order valence-electron chi connectivity index (χ3n) is 3.65. The molecule has 1 aliphatic heterocycles. The van der Waals surface area contributed by atoms with Crippen LogP contribution in [0.15, 0.2) is 17.1 Å². The zero-order valence-corrected chi connectivity index (χ0v) is 14.8. The van der Waals surface area contributed by atoms with Crippen molar-refractivity contribution in [3.8, 4) is 0 Å². The molecule has 0 amide bonds. The van der Waals surface area contributed by atoms with E-state index < -0.39 is 50.6 Å². The molecule has 0 bridgehead atoms. The van der Waals surface area contributed by atoms with Crippen molar-refractivity contribution in [2.45, 2.75) is 37.4 Å². The second-order valence-electron chi connectivity index (χ2n) is 5.68. The number of anilines is 1. The number of ether oxygens (including phenoxy) is 1. The van der Waals surface area contributed by atoms with Gasteiger partial charge in [-0.15, -0.1) is 0 Å². The number of hydrogen-bond acceptors (Lipinski definition) is 10. The molecule has 0 spiro atoms. The van der Waals surface area contributed by atoms with Gasteiger partial charge < -0.3 is 30.7 Å². The number of aliphatic hydroxyl groups is 2. The van der Waals surface area contributed by atoms with Gasteiger partial charge in [0.2, 0.25) is 0 Å². The molecule has 1 aromatic rings. The first-order valence-electron chi connectivity index (χ1n) is 7.80. The van der Waals surface area contributed by atoms with Crippen LogP contribution in [0.3, 0.4) is 0 Å². The number of nitrogen functional groups attached to an aromatic ring is 1. The third kappa shape index (κ3) is 5.81. The molecular weight excluding hydrogens is 389 g/mol. The summed E-state index contributed by atoms with van der Waals surface area (Å²) in [6.45, 7) is -0.954. The summed E-state index contributed by atoms with van der Waals surface area (Å²) in [5, 5.41) is 28.6. The van der Waals surface area contributed by atoms with E-state index in [2.05, 4.69) is 9.51 Å². The van der Waals surface area contributed by atoms with Crippen molar-refractivity contribution in [1.82, 2.24) is 9.55 Å². The van der Waals surface area contributed by atoms with Gasteiger partial charge in [0, 0.05) is 12.6 Å². The smallest absolute Gasteiger partial charge is 0.472 e. The summed E-state index contributed by atoms with van der Waals surface area (Å²) in [5.74, 6) is -1.12. The van der Waals surface area contributed by atoms with Crippen LogP contribution in [0, 0.1) is 0 Å². The summed E-state index contributed by atoms with van der Waals surface area (Å²) in [4.78, 5) is 35.2. The fourth-order valence-corrected chi connectivity index (χ4v) is 3.09. The van der Waals surface area contributed by atoms with E-state index in [9.17, 15) is 29.3 Å². The minimum absolute atomic E-state index is 0.000357. The minimum Gasteiger partial charge on any atom is -0.481 e. The van der Waals surface area contributed by atoms with E-state index in [0.29, 0.717) is 0 Å². The van der Waals surface area contributed by atoms with Gasteiger partial charge >= 0.3 is 19.5 Å². The van der Waals surface area contributed by atoms with Crippen LogP contribution < -0.4 is 11.4 Å². The molecule has 2 heterocycles. The lowest BCUT2D eigenvalue weighted by atomic mass is 10.1. The molecule has 5 atom stereocenters. The van der Waals surface area contributed by atoms with Gasteiger partial charge in [-0.1, -0.05) is 0 Å². The monoisotopic (exact) mass is 409 g/mol. The van der Waals surface area contributed by atoms with Crippen LogP contribution in [0.4, 0.5) is 5.82 Å². The molecule has 0 aromatic carbocycles. The predicted molar refractivity (Wildman–Crippen MR) is 87.4 cm³/mol. The van der Waals surface area contributed by atoms with E-state index in [4.69, 9.17) is 20.1 Å². The van der Waals surface area contributed by atoms with Gasteiger partial charge in [-0.25, -0.2) is 9.36 Å². The Morgan fingerprint density at radius 3 is 2.70 bits per heavy atom. The number of carbonyl (C=O) groups is 1. The maximum atomic E-state index is 11.8. The summed E-state index contributed by atoms with van der Waals surface area (Å²) in [7, 11) is -4.52. The first-order chi connectivity index (χ1) is 12.6. The van der Waals surface area contributed by atoms with Gasteiger partial charge in [-0.2, -0.15) is 4.98 Å². The number of aliphatic hydroxyl groups excluding tert-OH is 2. The van der Waals surface area contributed by atoms with Crippen molar-refractivity contribution in [3.63, 3.8) is 0 Å². The zero-order chi connectivity index (χ0) is 20.2. The lowest BCUT2D eigenvalue weighted by Crippen LogP contribution is -2.36. The van der Waals surface area contributed by atoms with Crippen molar-refractivity contribution < 1.29 is 43.4 Å². The second kappa shape index (κ2) is 8.89. The van der Waals surface area contributed by atoms with Crippen LogP contribution in [0.5, 0.6) is 0 Å². The molecule has 14 heteroatoms. The minimum atomic E-state index is -4.52. The van der Waals surface area contributed by atoms with Gasteiger partial charge in [0.15, 0.2) is 6.23 Å². The van der Waals surface area contributed by atoms with Gasteiger partial charge in [0.1, 0.15) is 24.1 Å². The van der Waals surface area contributed by atoms with E-state index in [1.165, 1.54) is 12.3 Å². The molecule has 0 saturated carbocycles. The molecule has 1 fully saturated rings. The molecule has 0 radical (unpaired) electrons. The Bertz CT molecular complexity index is 771. The topological polar surface area (TPSA) is 204 Å². The number of nitrogens with zero attached hydrogens (tertiary/aromatic N) is 2. The summed E-state index contributed by atoms with van der Waals surface area (Å²) in [5.41, 5.74) is 4.56. The lowest BCUT2D eigenvalue weighted by molar-refractivity contribution is -0.137. The summed E-state index contributed by atoms with van der Waals surface area (Å²) in [6.07, 6.45) is -4.62. The number of rotatable bonds is 9. The summed E-state index contributed by atoms with van der Waals surface area (Å²) in [6, 6.07) is 1.29. The molecule has 27 heavy (non-hydrogen) atoms. The number of phosphoric acid groups is 1. The molecule has 1 aliphatic rings. The van der Waals surface area contributed by atoms with Gasteiger partial charge in [0.05, 0.1) is 13.2 Å². The van der Waals surface area contributed by atoms with E-state index in [1.807, 2.05) is 0 Å². The van der Waals surface area contributed by atoms with Gasteiger partial charge in [-0.05, 0) is 12.5 Å². The first-order valence-corrected chi connectivity index (χ1v) is 9.30. The Labute approximate surface area is 152 Å². The number of phosphoric ester groups is 1. The van der Waals surface area contributed by atoms with E-state index in [0.717, 1.165) is 4.57 Å². The normalized spacial score (nSPS) is 27.4. The van der Waals surface area contributed by atoms with Crippen molar-refractivity contribution in [2.75, 3.05) is 18.9 Å². The molecular formula is C13H20N3O10P. The largest absolute Gasteiger partial charge is 0.481 e. The fourth-order valence-electron chi connectivity index (χ4n) is 2.32. The van der Waals surface area contributed by atoms with Crippen molar-refractivity contribution >= 4 is 19.6 Å². The molecule has 13 nitrogen and oxygen atoms in total. The Morgan fingerprint density at radius 2 is 2.07 bits per heavy atom. The highest BCUT2D eigenvalue weighted by molar-refractivity contribution is 7.47. The number of carboxylic acids is 1. The first kappa shape index (κ1) is 21.4. The maximum Gasteiger partial charge on any atom is 0.472 e. The third-order valence-corrected chi connectivity index (χ3v) is 4.64. The number of carboxylic acid groups (broad SMARTS) is 1. The van der Waals surface area contributed by atoms with Crippen LogP contribution in [0.2, 0.25) is 0 Å². The number of nitrogens with two attached hydrogens (primary N) is 1. The summed E-state index contributed by atoms with van der Waals surface area (Å²) < 4.78 is 27.3. The number of aliphatic carboxylic acids is 1.